The molecule has 0 atom stereocenters. The second-order valence-corrected chi connectivity index (χ2v) is 6.68. The second-order valence-electron chi connectivity index (χ2n) is 4.07. The number of hydrogen-bond acceptors (Lipinski definition) is 3. The minimum Gasteiger partial charge on any atom is -0.389 e. The van der Waals surface area contributed by atoms with E-state index in [0.717, 1.165) is 10.0 Å². The van der Waals surface area contributed by atoms with E-state index in [-0.39, 0.29) is 10.9 Å². The Hall–Kier alpha value is -0.950. The fourth-order valence-electron chi connectivity index (χ4n) is 1.60. The van der Waals surface area contributed by atoms with Crippen molar-refractivity contribution in [2.75, 3.05) is 5.32 Å². The number of anilines is 1. The summed E-state index contributed by atoms with van der Waals surface area (Å²) in [4.78, 5) is 12.9. The maximum absolute atomic E-state index is 12.2. The van der Waals surface area contributed by atoms with Crippen molar-refractivity contribution in [3.8, 4) is 0 Å². The SMILES string of the molecule is Cc1csc(C(=O)Nc2cc(Br)ccc2C(N)=S)c1Cl. The van der Waals surface area contributed by atoms with Gasteiger partial charge in [0.2, 0.25) is 0 Å². The van der Waals surface area contributed by atoms with Crippen LogP contribution in [-0.4, -0.2) is 10.9 Å². The largest absolute Gasteiger partial charge is 0.389 e. The van der Waals surface area contributed by atoms with E-state index in [1.807, 2.05) is 18.4 Å². The lowest BCUT2D eigenvalue weighted by atomic mass is 10.1. The predicted molar refractivity (Wildman–Crippen MR) is 92.0 cm³/mol. The van der Waals surface area contributed by atoms with E-state index < -0.39 is 0 Å². The summed E-state index contributed by atoms with van der Waals surface area (Å²) in [5, 5.41) is 5.10. The van der Waals surface area contributed by atoms with Gasteiger partial charge in [-0.3, -0.25) is 4.79 Å². The summed E-state index contributed by atoms with van der Waals surface area (Å²) in [5.41, 5.74) is 7.70. The standard InChI is InChI=1S/C13H10BrClN2OS2/c1-6-5-20-11(10(6)15)13(18)17-9-4-7(14)2-3-8(9)12(16)19/h2-5H,1H3,(H2,16,19)(H,17,18). The lowest BCUT2D eigenvalue weighted by Gasteiger charge is -2.10. The zero-order valence-corrected chi connectivity index (χ0v) is 14.3. The Morgan fingerprint density at radius 1 is 1.50 bits per heavy atom. The molecule has 1 aromatic heterocycles. The Balaban J connectivity index is 2.35. The van der Waals surface area contributed by atoms with Gasteiger partial charge in [-0.2, -0.15) is 0 Å². The molecule has 0 aliphatic carbocycles. The third kappa shape index (κ3) is 3.20. The van der Waals surface area contributed by atoms with Gasteiger partial charge in [-0.15, -0.1) is 11.3 Å². The van der Waals surface area contributed by atoms with E-state index in [9.17, 15) is 4.79 Å². The molecule has 0 fully saturated rings. The van der Waals surface area contributed by atoms with Crippen LogP contribution in [0.2, 0.25) is 5.02 Å². The number of amides is 1. The zero-order chi connectivity index (χ0) is 14.9. The molecule has 1 heterocycles. The quantitative estimate of drug-likeness (QED) is 0.767. The lowest BCUT2D eigenvalue weighted by Crippen LogP contribution is -2.17. The van der Waals surface area contributed by atoms with E-state index in [2.05, 4.69) is 21.2 Å². The van der Waals surface area contributed by atoms with Gasteiger partial charge in [0.05, 0.1) is 10.7 Å². The fourth-order valence-corrected chi connectivity index (χ4v) is 3.31. The van der Waals surface area contributed by atoms with Crippen molar-refractivity contribution < 1.29 is 4.79 Å². The summed E-state index contributed by atoms with van der Waals surface area (Å²) >= 11 is 15.7. The predicted octanol–water partition coefficient (Wildman–Crippen LogP) is 4.36. The third-order valence-corrected chi connectivity index (χ3v) is 5.01. The number of nitrogens with one attached hydrogen (secondary N) is 1. The van der Waals surface area contributed by atoms with Gasteiger partial charge in [0.1, 0.15) is 9.87 Å². The molecule has 0 radical (unpaired) electrons. The molecule has 0 bridgehead atoms. The van der Waals surface area contributed by atoms with Crippen LogP contribution in [0.4, 0.5) is 5.69 Å². The number of rotatable bonds is 3. The molecule has 2 rings (SSSR count). The average molecular weight is 390 g/mol. The molecule has 20 heavy (non-hydrogen) atoms. The van der Waals surface area contributed by atoms with Crippen molar-refractivity contribution in [3.05, 3.63) is 49.1 Å². The Morgan fingerprint density at radius 2 is 2.20 bits per heavy atom. The van der Waals surface area contributed by atoms with Gasteiger partial charge >= 0.3 is 0 Å². The van der Waals surface area contributed by atoms with Crippen LogP contribution in [0.25, 0.3) is 0 Å². The Labute approximate surface area is 139 Å². The highest BCUT2D eigenvalue weighted by molar-refractivity contribution is 9.10. The molecule has 2 aromatic rings. The number of nitrogens with two attached hydrogens (primary N) is 1. The van der Waals surface area contributed by atoms with Gasteiger partial charge in [0.15, 0.2) is 0 Å². The molecular formula is C13H10BrClN2OS2. The third-order valence-electron chi connectivity index (χ3n) is 2.60. The molecule has 0 aliphatic rings. The molecule has 0 saturated heterocycles. The summed E-state index contributed by atoms with van der Waals surface area (Å²) in [6, 6.07) is 5.32. The number of halogens is 2. The molecule has 1 aromatic carbocycles. The van der Waals surface area contributed by atoms with E-state index in [4.69, 9.17) is 29.6 Å². The van der Waals surface area contributed by atoms with E-state index in [1.165, 1.54) is 11.3 Å². The van der Waals surface area contributed by atoms with Gasteiger partial charge in [-0.25, -0.2) is 0 Å². The van der Waals surface area contributed by atoms with Gasteiger partial charge in [0, 0.05) is 10.0 Å². The zero-order valence-electron chi connectivity index (χ0n) is 10.4. The van der Waals surface area contributed by atoms with Crippen LogP contribution in [-0.2, 0) is 0 Å². The number of thiocarbonyl (C=S) groups is 1. The minimum atomic E-state index is -0.274. The molecule has 0 spiro atoms. The van der Waals surface area contributed by atoms with Crippen LogP contribution in [0, 0.1) is 6.92 Å². The molecule has 0 saturated carbocycles. The topological polar surface area (TPSA) is 55.1 Å². The fraction of sp³-hybridized carbons (Fsp3) is 0.0769. The van der Waals surface area contributed by atoms with E-state index in [0.29, 0.717) is 21.2 Å². The number of hydrogen-bond donors (Lipinski definition) is 2. The first-order valence-corrected chi connectivity index (χ1v) is 8.00. The average Bonchev–Trinajstić information content (AvgIpc) is 2.69. The first-order chi connectivity index (χ1) is 9.40. The maximum Gasteiger partial charge on any atom is 0.267 e. The van der Waals surface area contributed by atoms with Gasteiger partial charge < -0.3 is 11.1 Å². The van der Waals surface area contributed by atoms with Crippen LogP contribution in [0.5, 0.6) is 0 Å². The Morgan fingerprint density at radius 3 is 2.75 bits per heavy atom. The summed E-state index contributed by atoms with van der Waals surface area (Å²) in [6.45, 7) is 1.86. The maximum atomic E-state index is 12.2. The van der Waals surface area contributed by atoms with Crippen LogP contribution >= 0.6 is 51.1 Å². The van der Waals surface area contributed by atoms with Crippen molar-refractivity contribution >= 4 is 67.7 Å². The number of carbonyl (C=O) groups excluding carboxylic acids is 1. The van der Waals surface area contributed by atoms with Crippen molar-refractivity contribution in [1.29, 1.82) is 0 Å². The summed E-state index contributed by atoms with van der Waals surface area (Å²) in [5.74, 6) is -0.274. The van der Waals surface area contributed by atoms with Crippen molar-refractivity contribution in [1.82, 2.24) is 0 Å². The molecule has 3 nitrogen and oxygen atoms in total. The van der Waals surface area contributed by atoms with E-state index >= 15 is 0 Å². The first kappa shape index (κ1) is 15.4. The second kappa shape index (κ2) is 6.22. The molecule has 1 amide bonds. The lowest BCUT2D eigenvalue weighted by molar-refractivity contribution is 0.103. The van der Waals surface area contributed by atoms with Crippen LogP contribution in [0.1, 0.15) is 20.8 Å². The molecule has 0 unspecified atom stereocenters. The van der Waals surface area contributed by atoms with Crippen molar-refractivity contribution in [2.45, 2.75) is 6.92 Å². The molecule has 3 N–H and O–H groups in total. The molecule has 7 heteroatoms. The smallest absolute Gasteiger partial charge is 0.267 e. The molecule has 0 aliphatic heterocycles. The van der Waals surface area contributed by atoms with Crippen molar-refractivity contribution in [2.24, 2.45) is 5.73 Å². The van der Waals surface area contributed by atoms with Crippen LogP contribution in [0.15, 0.2) is 28.1 Å². The minimum absolute atomic E-state index is 0.223. The Kier molecular flexibility index (Phi) is 4.80. The number of carbonyl (C=O) groups is 1. The summed E-state index contributed by atoms with van der Waals surface area (Å²) in [7, 11) is 0. The molecule has 104 valence electrons. The highest BCUT2D eigenvalue weighted by atomic mass is 79.9. The van der Waals surface area contributed by atoms with E-state index in [1.54, 1.807) is 12.1 Å². The Bertz CT molecular complexity index is 700. The molecular weight excluding hydrogens is 380 g/mol. The normalized spacial score (nSPS) is 10.3. The first-order valence-electron chi connectivity index (χ1n) is 5.54. The van der Waals surface area contributed by atoms with Crippen LogP contribution in [0.3, 0.4) is 0 Å². The van der Waals surface area contributed by atoms with Crippen LogP contribution < -0.4 is 11.1 Å². The van der Waals surface area contributed by atoms with Gasteiger partial charge in [-0.1, -0.05) is 39.7 Å². The summed E-state index contributed by atoms with van der Waals surface area (Å²) < 4.78 is 0.821. The number of benzene rings is 1. The summed E-state index contributed by atoms with van der Waals surface area (Å²) in [6.07, 6.45) is 0. The highest BCUT2D eigenvalue weighted by Gasteiger charge is 2.16. The highest BCUT2D eigenvalue weighted by Crippen LogP contribution is 2.29. The monoisotopic (exact) mass is 388 g/mol. The number of aryl methyl sites for hydroxylation is 1. The number of thiophene rings is 1. The van der Waals surface area contributed by atoms with Crippen molar-refractivity contribution in [3.63, 3.8) is 0 Å². The van der Waals surface area contributed by atoms with Gasteiger partial charge in [0.25, 0.3) is 5.91 Å². The van der Waals surface area contributed by atoms with Gasteiger partial charge in [-0.05, 0) is 36.1 Å².